The molecular formula is C6H5N3O2. The maximum absolute atomic E-state index is 10.7. The van der Waals surface area contributed by atoms with Gasteiger partial charge in [-0.3, -0.25) is 9.89 Å². The van der Waals surface area contributed by atoms with E-state index in [-0.39, 0.29) is 11.3 Å². The van der Waals surface area contributed by atoms with Crippen LogP contribution in [0.3, 0.4) is 0 Å². The Labute approximate surface area is 60.7 Å². The Balaban J connectivity index is 3.02. The van der Waals surface area contributed by atoms with Crippen molar-refractivity contribution in [2.24, 2.45) is 0 Å². The van der Waals surface area contributed by atoms with Crippen LogP contribution < -0.4 is 5.56 Å². The second-order valence-electron chi connectivity index (χ2n) is 2.18. The molecule has 0 aliphatic heterocycles. The lowest BCUT2D eigenvalue weighted by Crippen LogP contribution is -2.02. The number of rotatable bonds is 0. The Morgan fingerprint density at radius 3 is 3.18 bits per heavy atom. The summed E-state index contributed by atoms with van der Waals surface area (Å²) in [6.07, 6.45) is 1.45. The van der Waals surface area contributed by atoms with Crippen molar-refractivity contribution in [3.63, 3.8) is 0 Å². The van der Waals surface area contributed by atoms with Gasteiger partial charge in [0.2, 0.25) is 0 Å². The number of hydrogen-bond acceptors (Lipinski definition) is 3. The van der Waals surface area contributed by atoms with Gasteiger partial charge in [0.15, 0.2) is 0 Å². The van der Waals surface area contributed by atoms with E-state index in [1.165, 1.54) is 6.20 Å². The Kier molecular flexibility index (Phi) is 1.00. The molecule has 2 heterocycles. The first-order valence-corrected chi connectivity index (χ1v) is 3.03. The third kappa shape index (κ3) is 0.778. The van der Waals surface area contributed by atoms with E-state index in [0.29, 0.717) is 11.0 Å². The molecule has 3 N–H and O–H groups in total. The summed E-state index contributed by atoms with van der Waals surface area (Å²) in [5.41, 5.74) is 0.0919. The summed E-state index contributed by atoms with van der Waals surface area (Å²) in [7, 11) is 0. The highest BCUT2D eigenvalue weighted by atomic mass is 16.3. The summed E-state index contributed by atoms with van der Waals surface area (Å²) in [5.74, 6) is -0.0579. The Morgan fingerprint density at radius 2 is 2.36 bits per heavy atom. The average Bonchev–Trinajstić information content (AvgIpc) is 2.34. The molecule has 0 amide bonds. The van der Waals surface area contributed by atoms with E-state index >= 15 is 0 Å². The smallest absolute Gasteiger partial charge is 0.253 e. The first kappa shape index (κ1) is 5.96. The minimum atomic E-state index is -0.348. The predicted molar refractivity (Wildman–Crippen MR) is 38.4 cm³/mol. The summed E-state index contributed by atoms with van der Waals surface area (Å²) < 4.78 is 0. The van der Waals surface area contributed by atoms with Crippen LogP contribution in [0.2, 0.25) is 0 Å². The molecule has 0 fully saturated rings. The summed E-state index contributed by atoms with van der Waals surface area (Å²) in [5, 5.41) is 15.9. The Hall–Kier alpha value is -1.78. The number of nitrogens with one attached hydrogen (secondary N) is 2. The number of pyridine rings is 1. The van der Waals surface area contributed by atoms with Crippen molar-refractivity contribution in [3.8, 4) is 5.75 Å². The van der Waals surface area contributed by atoms with E-state index in [1.54, 1.807) is 0 Å². The molecule has 0 radical (unpaired) electrons. The second-order valence-corrected chi connectivity index (χ2v) is 2.18. The molecule has 0 unspecified atom stereocenters. The minimum absolute atomic E-state index is 0.0579. The van der Waals surface area contributed by atoms with Crippen LogP contribution in [-0.4, -0.2) is 20.3 Å². The van der Waals surface area contributed by atoms with Crippen molar-refractivity contribution in [2.75, 3.05) is 0 Å². The molecule has 5 heteroatoms. The zero-order chi connectivity index (χ0) is 7.84. The van der Waals surface area contributed by atoms with Crippen LogP contribution in [0.25, 0.3) is 11.0 Å². The number of nitrogens with zero attached hydrogens (tertiary/aromatic N) is 1. The zero-order valence-corrected chi connectivity index (χ0v) is 5.46. The fourth-order valence-electron chi connectivity index (χ4n) is 0.937. The predicted octanol–water partition coefficient (Wildman–Crippen LogP) is -0.0432. The molecule has 11 heavy (non-hydrogen) atoms. The first-order chi connectivity index (χ1) is 5.27. The molecule has 0 aliphatic carbocycles. The molecule has 2 aromatic heterocycles. The van der Waals surface area contributed by atoms with Crippen molar-refractivity contribution in [1.29, 1.82) is 0 Å². The minimum Gasteiger partial charge on any atom is -0.507 e. The largest absolute Gasteiger partial charge is 0.507 e. The first-order valence-electron chi connectivity index (χ1n) is 3.03. The van der Waals surface area contributed by atoms with Gasteiger partial charge in [0, 0.05) is 6.07 Å². The van der Waals surface area contributed by atoms with Crippen LogP contribution in [-0.2, 0) is 0 Å². The highest BCUT2D eigenvalue weighted by Crippen LogP contribution is 2.16. The van der Waals surface area contributed by atoms with Gasteiger partial charge in [0.25, 0.3) is 5.56 Å². The van der Waals surface area contributed by atoms with E-state index in [2.05, 4.69) is 15.2 Å². The van der Waals surface area contributed by atoms with Gasteiger partial charge in [-0.2, -0.15) is 5.10 Å². The van der Waals surface area contributed by atoms with Crippen molar-refractivity contribution in [2.45, 2.75) is 0 Å². The fourth-order valence-corrected chi connectivity index (χ4v) is 0.937. The van der Waals surface area contributed by atoms with E-state index in [4.69, 9.17) is 5.11 Å². The van der Waals surface area contributed by atoms with Gasteiger partial charge in [0.05, 0.1) is 11.6 Å². The molecule has 0 bridgehead atoms. The highest BCUT2D eigenvalue weighted by molar-refractivity contribution is 5.80. The van der Waals surface area contributed by atoms with Crippen LogP contribution in [0.4, 0.5) is 0 Å². The summed E-state index contributed by atoms with van der Waals surface area (Å²) >= 11 is 0. The monoisotopic (exact) mass is 151 g/mol. The van der Waals surface area contributed by atoms with Gasteiger partial charge in [-0.05, 0) is 0 Å². The third-order valence-corrected chi connectivity index (χ3v) is 1.43. The van der Waals surface area contributed by atoms with Gasteiger partial charge < -0.3 is 10.1 Å². The Morgan fingerprint density at radius 1 is 1.55 bits per heavy atom. The number of aromatic hydroxyl groups is 1. The molecule has 0 atom stereocenters. The molecule has 0 spiro atoms. The van der Waals surface area contributed by atoms with E-state index < -0.39 is 0 Å². The summed E-state index contributed by atoms with van der Waals surface area (Å²) in [6, 6.07) is 1.11. The molecule has 0 saturated heterocycles. The lowest BCUT2D eigenvalue weighted by Gasteiger charge is -1.90. The highest BCUT2D eigenvalue weighted by Gasteiger charge is 2.01. The zero-order valence-electron chi connectivity index (χ0n) is 5.46. The quantitative estimate of drug-likeness (QED) is 0.494. The third-order valence-electron chi connectivity index (χ3n) is 1.43. The van der Waals surface area contributed by atoms with Crippen molar-refractivity contribution < 1.29 is 5.11 Å². The van der Waals surface area contributed by atoms with Crippen LogP contribution in [0.1, 0.15) is 0 Å². The molecule has 56 valence electrons. The lowest BCUT2D eigenvalue weighted by atomic mass is 10.3. The van der Waals surface area contributed by atoms with Gasteiger partial charge in [-0.25, -0.2) is 0 Å². The number of H-pyrrole nitrogens is 2. The molecule has 5 nitrogen and oxygen atoms in total. The average molecular weight is 151 g/mol. The van der Waals surface area contributed by atoms with Crippen LogP contribution >= 0.6 is 0 Å². The van der Waals surface area contributed by atoms with Crippen LogP contribution in [0.5, 0.6) is 5.75 Å². The van der Waals surface area contributed by atoms with Crippen LogP contribution in [0.15, 0.2) is 17.1 Å². The van der Waals surface area contributed by atoms with Gasteiger partial charge in [-0.15, -0.1) is 0 Å². The van der Waals surface area contributed by atoms with Crippen molar-refractivity contribution in [3.05, 3.63) is 22.6 Å². The fraction of sp³-hybridized carbons (Fsp3) is 0. The van der Waals surface area contributed by atoms with Gasteiger partial charge in [-0.1, -0.05) is 0 Å². The molecule has 2 aromatic rings. The van der Waals surface area contributed by atoms with Gasteiger partial charge >= 0.3 is 0 Å². The van der Waals surface area contributed by atoms with E-state index in [0.717, 1.165) is 6.07 Å². The molecule has 2 rings (SSSR count). The van der Waals surface area contributed by atoms with E-state index in [1.807, 2.05) is 0 Å². The molecular weight excluding hydrogens is 146 g/mol. The summed E-state index contributed by atoms with van der Waals surface area (Å²) in [4.78, 5) is 13.2. The molecule has 0 saturated carbocycles. The number of fused-ring (bicyclic) bond motifs is 1. The normalized spacial score (nSPS) is 10.5. The lowest BCUT2D eigenvalue weighted by molar-refractivity contribution is 0.480. The maximum atomic E-state index is 10.7. The van der Waals surface area contributed by atoms with Crippen molar-refractivity contribution in [1.82, 2.24) is 15.2 Å². The van der Waals surface area contributed by atoms with Crippen LogP contribution in [0, 0.1) is 0 Å². The maximum Gasteiger partial charge on any atom is 0.253 e. The second kappa shape index (κ2) is 1.85. The number of aromatic nitrogens is 3. The summed E-state index contributed by atoms with van der Waals surface area (Å²) in [6.45, 7) is 0. The number of aromatic amines is 2. The SMILES string of the molecule is O=c1cc(O)c2cn[nH]c2[nH]1. The topological polar surface area (TPSA) is 81.8 Å². The standard InChI is InChI=1S/C6H5N3O2/c10-4-1-5(11)8-6-3(4)2-7-9-6/h1-2H,(H3,7,8,9,10,11). The molecule has 0 aliphatic rings. The molecule has 0 aromatic carbocycles. The van der Waals surface area contributed by atoms with Crippen molar-refractivity contribution >= 4 is 11.0 Å². The van der Waals surface area contributed by atoms with Gasteiger partial charge in [0.1, 0.15) is 11.4 Å². The number of hydrogen-bond donors (Lipinski definition) is 3. The Bertz CT molecular complexity index is 442. The van der Waals surface area contributed by atoms with E-state index in [9.17, 15) is 4.79 Å².